The normalized spacial score (nSPS) is 12.5. The Bertz CT molecular complexity index is 1050. The first kappa shape index (κ1) is 19.9. The van der Waals surface area contributed by atoms with E-state index in [4.69, 9.17) is 11.6 Å². The van der Waals surface area contributed by atoms with Gasteiger partial charge in [0.2, 0.25) is 15.9 Å². The number of benzene rings is 1. The maximum atomic E-state index is 12.4. The molecule has 2 N–H and O–H groups in total. The molecule has 0 aliphatic rings. The Labute approximate surface area is 166 Å². The summed E-state index contributed by atoms with van der Waals surface area (Å²) in [7, 11) is -3.85. The average molecular weight is 421 g/mol. The molecule has 2 aromatic heterocycles. The van der Waals surface area contributed by atoms with Gasteiger partial charge in [0.15, 0.2) is 5.82 Å². The van der Waals surface area contributed by atoms with Crippen molar-refractivity contribution in [1.29, 1.82) is 0 Å². The van der Waals surface area contributed by atoms with Crippen LogP contribution in [-0.4, -0.2) is 40.1 Å². The Morgan fingerprint density at radius 2 is 2.00 bits per heavy atom. The SMILES string of the molecule is C[C@H](NS(=O)(=O)c1ccc(Cl)cc1)C(=O)NCc1cccnc1-n1cncn1. The summed E-state index contributed by atoms with van der Waals surface area (Å²) in [5, 5.41) is 7.14. The molecule has 146 valence electrons. The molecule has 0 aliphatic carbocycles. The van der Waals surface area contributed by atoms with Crippen LogP contribution in [0.15, 0.2) is 60.1 Å². The van der Waals surface area contributed by atoms with Gasteiger partial charge in [-0.1, -0.05) is 17.7 Å². The van der Waals surface area contributed by atoms with Crippen molar-refractivity contribution >= 4 is 27.5 Å². The number of carbonyl (C=O) groups excluding carboxylic acids is 1. The van der Waals surface area contributed by atoms with Crippen LogP contribution in [0.2, 0.25) is 5.02 Å². The van der Waals surface area contributed by atoms with Gasteiger partial charge in [-0.15, -0.1) is 0 Å². The van der Waals surface area contributed by atoms with Gasteiger partial charge in [-0.25, -0.2) is 23.1 Å². The maximum Gasteiger partial charge on any atom is 0.241 e. The fourth-order valence-electron chi connectivity index (χ4n) is 2.40. The molecule has 9 nitrogen and oxygen atoms in total. The first-order valence-electron chi connectivity index (χ1n) is 8.21. The van der Waals surface area contributed by atoms with Crippen LogP contribution in [0.4, 0.5) is 0 Å². The molecule has 11 heteroatoms. The molecule has 3 rings (SSSR count). The first-order chi connectivity index (χ1) is 13.4. The number of rotatable bonds is 7. The molecule has 3 aromatic rings. The van der Waals surface area contributed by atoms with Gasteiger partial charge in [-0.3, -0.25) is 4.79 Å². The summed E-state index contributed by atoms with van der Waals surface area (Å²) in [6.45, 7) is 1.61. The number of nitrogens with zero attached hydrogens (tertiary/aromatic N) is 4. The number of aromatic nitrogens is 4. The number of halogens is 1. The molecule has 0 saturated carbocycles. The van der Waals surface area contributed by atoms with E-state index in [0.29, 0.717) is 16.4 Å². The monoisotopic (exact) mass is 420 g/mol. The predicted octanol–water partition coefficient (Wildman–Crippen LogP) is 1.30. The molecule has 1 atom stereocenters. The van der Waals surface area contributed by atoms with Gasteiger partial charge in [0.1, 0.15) is 12.7 Å². The van der Waals surface area contributed by atoms with Crippen molar-refractivity contribution in [1.82, 2.24) is 29.8 Å². The van der Waals surface area contributed by atoms with E-state index in [9.17, 15) is 13.2 Å². The largest absolute Gasteiger partial charge is 0.351 e. The molecule has 0 aliphatic heterocycles. The number of pyridine rings is 1. The molecular weight excluding hydrogens is 404 g/mol. The molecule has 28 heavy (non-hydrogen) atoms. The van der Waals surface area contributed by atoms with E-state index in [1.807, 2.05) is 0 Å². The lowest BCUT2D eigenvalue weighted by molar-refractivity contribution is -0.122. The lowest BCUT2D eigenvalue weighted by atomic mass is 10.2. The number of carbonyl (C=O) groups is 1. The van der Waals surface area contributed by atoms with Crippen LogP contribution in [0.5, 0.6) is 0 Å². The van der Waals surface area contributed by atoms with Gasteiger partial charge in [0, 0.05) is 23.3 Å². The average Bonchev–Trinajstić information content (AvgIpc) is 3.21. The third-order valence-corrected chi connectivity index (χ3v) is 5.61. The van der Waals surface area contributed by atoms with Crippen molar-refractivity contribution in [2.45, 2.75) is 24.4 Å². The summed E-state index contributed by atoms with van der Waals surface area (Å²) in [5.74, 6) is 0.0422. The van der Waals surface area contributed by atoms with Crippen LogP contribution >= 0.6 is 11.6 Å². The first-order valence-corrected chi connectivity index (χ1v) is 10.1. The van der Waals surface area contributed by atoms with E-state index < -0.39 is 22.0 Å². The van der Waals surface area contributed by atoms with Crippen LogP contribution in [-0.2, 0) is 21.4 Å². The fourth-order valence-corrected chi connectivity index (χ4v) is 3.72. The molecule has 0 saturated heterocycles. The Kier molecular flexibility index (Phi) is 6.02. The second-order valence-corrected chi connectivity index (χ2v) is 7.99. The van der Waals surface area contributed by atoms with Crippen LogP contribution in [0.1, 0.15) is 12.5 Å². The van der Waals surface area contributed by atoms with Crippen LogP contribution < -0.4 is 10.0 Å². The number of nitrogens with one attached hydrogen (secondary N) is 2. The fraction of sp³-hybridized carbons (Fsp3) is 0.176. The summed E-state index contributed by atoms with van der Waals surface area (Å²) in [6.07, 6.45) is 4.48. The third-order valence-electron chi connectivity index (χ3n) is 3.81. The minimum absolute atomic E-state index is 0.0253. The third kappa shape index (κ3) is 4.71. The Morgan fingerprint density at radius 1 is 1.25 bits per heavy atom. The van der Waals surface area contributed by atoms with Crippen molar-refractivity contribution in [3.8, 4) is 5.82 Å². The van der Waals surface area contributed by atoms with Gasteiger partial charge in [-0.2, -0.15) is 9.82 Å². The highest BCUT2D eigenvalue weighted by Gasteiger charge is 2.22. The van der Waals surface area contributed by atoms with Gasteiger partial charge in [0.05, 0.1) is 10.9 Å². The van der Waals surface area contributed by atoms with Gasteiger partial charge in [-0.05, 0) is 37.3 Å². The highest BCUT2D eigenvalue weighted by atomic mass is 35.5. The molecule has 0 bridgehead atoms. The number of hydrogen-bond acceptors (Lipinski definition) is 6. The maximum absolute atomic E-state index is 12.4. The smallest absolute Gasteiger partial charge is 0.241 e. The molecule has 0 unspecified atom stereocenters. The summed E-state index contributed by atoms with van der Waals surface area (Å²) >= 11 is 5.77. The second kappa shape index (κ2) is 8.46. The Hall–Kier alpha value is -2.82. The van der Waals surface area contributed by atoms with E-state index in [2.05, 4.69) is 25.1 Å². The Balaban J connectivity index is 1.65. The minimum Gasteiger partial charge on any atom is -0.351 e. The molecule has 0 spiro atoms. The van der Waals surface area contributed by atoms with Crippen molar-refractivity contribution in [2.75, 3.05) is 0 Å². The summed E-state index contributed by atoms with van der Waals surface area (Å²) in [6, 6.07) is 8.21. The van der Waals surface area contributed by atoms with Crippen molar-refractivity contribution in [3.05, 3.63) is 65.8 Å². The van der Waals surface area contributed by atoms with Gasteiger partial charge >= 0.3 is 0 Å². The minimum atomic E-state index is -3.85. The molecule has 2 heterocycles. The zero-order valence-electron chi connectivity index (χ0n) is 14.8. The van der Waals surface area contributed by atoms with Crippen molar-refractivity contribution < 1.29 is 13.2 Å². The molecule has 0 fully saturated rings. The molecule has 1 amide bonds. The lowest BCUT2D eigenvalue weighted by Crippen LogP contribution is -2.44. The van der Waals surface area contributed by atoms with Crippen molar-refractivity contribution in [2.24, 2.45) is 0 Å². The number of hydrogen-bond donors (Lipinski definition) is 2. The zero-order valence-corrected chi connectivity index (χ0v) is 16.4. The molecule has 0 radical (unpaired) electrons. The zero-order chi connectivity index (χ0) is 20.1. The van der Waals surface area contributed by atoms with E-state index in [-0.39, 0.29) is 11.4 Å². The van der Waals surface area contributed by atoms with E-state index in [1.165, 1.54) is 48.5 Å². The summed E-state index contributed by atoms with van der Waals surface area (Å²) in [4.78, 5) is 20.5. The highest BCUT2D eigenvalue weighted by molar-refractivity contribution is 7.89. The Morgan fingerprint density at radius 3 is 2.68 bits per heavy atom. The van der Waals surface area contributed by atoms with Crippen molar-refractivity contribution in [3.63, 3.8) is 0 Å². The quantitative estimate of drug-likeness (QED) is 0.594. The number of amides is 1. The van der Waals surface area contributed by atoms with E-state index >= 15 is 0 Å². The molecular formula is C17H17ClN6O3S. The second-order valence-electron chi connectivity index (χ2n) is 5.84. The topological polar surface area (TPSA) is 119 Å². The predicted molar refractivity (Wildman–Crippen MR) is 102 cm³/mol. The van der Waals surface area contributed by atoms with E-state index in [1.54, 1.807) is 18.3 Å². The summed E-state index contributed by atoms with van der Waals surface area (Å²) < 4.78 is 28.6. The van der Waals surface area contributed by atoms with E-state index in [0.717, 1.165) is 0 Å². The molecule has 1 aromatic carbocycles. The van der Waals surface area contributed by atoms with Gasteiger partial charge < -0.3 is 5.32 Å². The van der Waals surface area contributed by atoms with Crippen LogP contribution in [0.3, 0.4) is 0 Å². The summed E-state index contributed by atoms with van der Waals surface area (Å²) in [5.41, 5.74) is 0.703. The standard InChI is InChI=1S/C17H17ClN6O3S/c1-12(23-28(26,27)15-6-4-14(18)5-7-15)17(25)21-9-13-3-2-8-20-16(13)24-11-19-10-22-24/h2-8,10-12,23H,9H2,1H3,(H,21,25)/t12-/m0/s1. The van der Waals surface area contributed by atoms with Crippen LogP contribution in [0.25, 0.3) is 5.82 Å². The number of sulfonamides is 1. The van der Waals surface area contributed by atoms with Crippen LogP contribution in [0, 0.1) is 0 Å². The van der Waals surface area contributed by atoms with Gasteiger partial charge in [0.25, 0.3) is 0 Å². The lowest BCUT2D eigenvalue weighted by Gasteiger charge is -2.15. The highest BCUT2D eigenvalue weighted by Crippen LogP contribution is 2.14.